The Kier molecular flexibility index (Phi) is 5.95. The average Bonchev–Trinajstić information content (AvgIpc) is 2.86. The smallest absolute Gasteiger partial charge is 0.408 e. The maximum absolute atomic E-state index is 11.7. The maximum Gasteiger partial charge on any atom is 0.408 e. The normalized spacial score (nSPS) is 19.1. The Balaban J connectivity index is 2.48. The van der Waals surface area contributed by atoms with Gasteiger partial charge in [0, 0.05) is 0 Å². The van der Waals surface area contributed by atoms with Gasteiger partial charge in [-0.1, -0.05) is 20.3 Å². The van der Waals surface area contributed by atoms with Gasteiger partial charge in [-0.3, -0.25) is 0 Å². The lowest BCUT2D eigenvalue weighted by molar-refractivity contribution is -0.144. The van der Waals surface area contributed by atoms with Crippen LogP contribution in [-0.2, 0) is 14.3 Å². The Bertz CT molecular complexity index is 287. The van der Waals surface area contributed by atoms with Crippen LogP contribution in [0.2, 0.25) is 0 Å². The fourth-order valence-corrected chi connectivity index (χ4v) is 2.11. The van der Waals surface area contributed by atoms with Crippen LogP contribution in [0.4, 0.5) is 4.79 Å². The summed E-state index contributed by atoms with van der Waals surface area (Å²) >= 11 is 0. The average molecular weight is 257 g/mol. The highest BCUT2D eigenvalue weighted by Gasteiger charge is 2.28. The molecule has 1 saturated carbocycles. The molecular weight excluding hydrogens is 234 g/mol. The van der Waals surface area contributed by atoms with Crippen LogP contribution in [0.15, 0.2) is 0 Å². The second-order valence-electron chi connectivity index (χ2n) is 4.84. The predicted molar refractivity (Wildman–Crippen MR) is 67.1 cm³/mol. The van der Waals surface area contributed by atoms with Gasteiger partial charge >= 0.3 is 12.1 Å². The molecule has 0 spiro atoms. The van der Waals surface area contributed by atoms with E-state index >= 15 is 0 Å². The van der Waals surface area contributed by atoms with Gasteiger partial charge in [0.1, 0.15) is 12.1 Å². The lowest BCUT2D eigenvalue weighted by Gasteiger charge is -2.22. The third kappa shape index (κ3) is 4.20. The van der Waals surface area contributed by atoms with Crippen LogP contribution in [0.25, 0.3) is 0 Å². The summed E-state index contributed by atoms with van der Waals surface area (Å²) in [5, 5.41) is 2.61. The van der Waals surface area contributed by atoms with Crippen LogP contribution in [0.3, 0.4) is 0 Å². The molecule has 1 amide bonds. The van der Waals surface area contributed by atoms with Crippen molar-refractivity contribution in [1.29, 1.82) is 0 Å². The molecule has 2 atom stereocenters. The predicted octanol–water partition coefficient (Wildman–Crippen LogP) is 2.24. The number of esters is 1. The summed E-state index contributed by atoms with van der Waals surface area (Å²) in [6.07, 6.45) is 4.30. The SMILES string of the molecule is CCC(C)C(NC(=O)OC1CCCC1)C(=O)OC. The van der Waals surface area contributed by atoms with Crippen LogP contribution in [0.5, 0.6) is 0 Å². The quantitative estimate of drug-likeness (QED) is 0.767. The molecule has 1 rings (SSSR count). The largest absolute Gasteiger partial charge is 0.467 e. The highest BCUT2D eigenvalue weighted by Crippen LogP contribution is 2.21. The number of methoxy groups -OCH3 is 1. The number of amides is 1. The lowest BCUT2D eigenvalue weighted by Crippen LogP contribution is -2.46. The summed E-state index contributed by atoms with van der Waals surface area (Å²) in [6, 6.07) is -0.631. The second kappa shape index (κ2) is 7.24. The molecule has 104 valence electrons. The van der Waals surface area contributed by atoms with E-state index in [9.17, 15) is 9.59 Å². The summed E-state index contributed by atoms with van der Waals surface area (Å²) in [6.45, 7) is 3.86. The number of rotatable bonds is 5. The number of ether oxygens (including phenoxy) is 2. The molecule has 5 heteroatoms. The zero-order valence-electron chi connectivity index (χ0n) is 11.4. The molecule has 2 unspecified atom stereocenters. The van der Waals surface area contributed by atoms with Crippen LogP contribution >= 0.6 is 0 Å². The van der Waals surface area contributed by atoms with E-state index in [1.54, 1.807) is 0 Å². The molecule has 1 N–H and O–H groups in total. The molecule has 0 radical (unpaired) electrons. The van der Waals surface area contributed by atoms with Crippen molar-refractivity contribution in [2.45, 2.75) is 58.1 Å². The summed E-state index contributed by atoms with van der Waals surface area (Å²) < 4.78 is 9.97. The van der Waals surface area contributed by atoms with E-state index in [0.717, 1.165) is 32.1 Å². The Labute approximate surface area is 108 Å². The molecule has 5 nitrogen and oxygen atoms in total. The van der Waals surface area contributed by atoms with Crippen LogP contribution in [0, 0.1) is 5.92 Å². The van der Waals surface area contributed by atoms with Crippen molar-refractivity contribution in [2.75, 3.05) is 7.11 Å². The number of carbonyl (C=O) groups excluding carboxylic acids is 2. The van der Waals surface area contributed by atoms with Crippen molar-refractivity contribution in [3.8, 4) is 0 Å². The van der Waals surface area contributed by atoms with E-state index in [1.165, 1.54) is 7.11 Å². The van der Waals surface area contributed by atoms with E-state index in [1.807, 2.05) is 13.8 Å². The van der Waals surface area contributed by atoms with Gasteiger partial charge in [0.25, 0.3) is 0 Å². The summed E-state index contributed by atoms with van der Waals surface area (Å²) in [5.74, 6) is -0.402. The number of nitrogens with one attached hydrogen (secondary N) is 1. The zero-order valence-corrected chi connectivity index (χ0v) is 11.4. The van der Waals surface area contributed by atoms with Gasteiger partial charge in [0.15, 0.2) is 0 Å². The Hall–Kier alpha value is -1.26. The van der Waals surface area contributed by atoms with E-state index in [2.05, 4.69) is 5.32 Å². The summed E-state index contributed by atoms with van der Waals surface area (Å²) in [5.41, 5.74) is 0. The second-order valence-corrected chi connectivity index (χ2v) is 4.84. The summed E-state index contributed by atoms with van der Waals surface area (Å²) in [4.78, 5) is 23.3. The first-order valence-corrected chi connectivity index (χ1v) is 6.63. The van der Waals surface area contributed by atoms with Gasteiger partial charge in [0.05, 0.1) is 7.11 Å². The van der Waals surface area contributed by atoms with Crippen molar-refractivity contribution in [3.63, 3.8) is 0 Å². The molecule has 1 fully saturated rings. The Morgan fingerprint density at radius 2 is 1.94 bits per heavy atom. The molecule has 18 heavy (non-hydrogen) atoms. The van der Waals surface area contributed by atoms with Crippen LogP contribution < -0.4 is 5.32 Å². The van der Waals surface area contributed by atoms with Gasteiger partial charge in [-0.25, -0.2) is 9.59 Å². The third-order valence-electron chi connectivity index (χ3n) is 3.52. The van der Waals surface area contributed by atoms with Crippen molar-refractivity contribution in [2.24, 2.45) is 5.92 Å². The maximum atomic E-state index is 11.7. The first-order valence-electron chi connectivity index (χ1n) is 6.63. The van der Waals surface area contributed by atoms with Gasteiger partial charge in [0.2, 0.25) is 0 Å². The first kappa shape index (κ1) is 14.8. The number of hydrogen-bond donors (Lipinski definition) is 1. The lowest BCUT2D eigenvalue weighted by atomic mass is 9.99. The van der Waals surface area contributed by atoms with Gasteiger partial charge < -0.3 is 14.8 Å². The van der Waals surface area contributed by atoms with Crippen molar-refractivity contribution >= 4 is 12.1 Å². The standard InChI is InChI=1S/C13H23NO4/c1-4-9(2)11(12(15)17-3)14-13(16)18-10-7-5-6-8-10/h9-11H,4-8H2,1-3H3,(H,14,16). The fraction of sp³-hybridized carbons (Fsp3) is 0.846. The van der Waals surface area contributed by atoms with E-state index in [4.69, 9.17) is 9.47 Å². The van der Waals surface area contributed by atoms with E-state index < -0.39 is 18.1 Å². The van der Waals surface area contributed by atoms with Gasteiger partial charge in [-0.2, -0.15) is 0 Å². The van der Waals surface area contributed by atoms with Crippen molar-refractivity contribution in [1.82, 2.24) is 5.32 Å². The molecule has 0 bridgehead atoms. The minimum atomic E-state index is -0.631. The number of hydrogen-bond acceptors (Lipinski definition) is 4. The molecule has 0 aromatic carbocycles. The molecule has 1 aliphatic carbocycles. The van der Waals surface area contributed by atoms with Crippen LogP contribution in [0.1, 0.15) is 46.0 Å². The highest BCUT2D eigenvalue weighted by atomic mass is 16.6. The highest BCUT2D eigenvalue weighted by molar-refractivity contribution is 5.81. The van der Waals surface area contributed by atoms with Crippen molar-refractivity contribution in [3.05, 3.63) is 0 Å². The van der Waals surface area contributed by atoms with E-state index in [0.29, 0.717) is 0 Å². The summed E-state index contributed by atoms with van der Waals surface area (Å²) in [7, 11) is 1.32. The minimum absolute atomic E-state index is 0.000213. The molecule has 1 aliphatic rings. The fourth-order valence-electron chi connectivity index (χ4n) is 2.11. The molecule has 0 aliphatic heterocycles. The molecule has 0 aromatic rings. The molecular formula is C13H23NO4. The third-order valence-corrected chi connectivity index (χ3v) is 3.52. The monoisotopic (exact) mass is 257 g/mol. The molecule has 0 saturated heterocycles. The number of alkyl carbamates (subject to hydrolysis) is 1. The number of carbonyl (C=O) groups is 2. The van der Waals surface area contributed by atoms with Crippen molar-refractivity contribution < 1.29 is 19.1 Å². The topological polar surface area (TPSA) is 64.6 Å². The molecule has 0 heterocycles. The Morgan fingerprint density at radius 1 is 1.33 bits per heavy atom. The van der Waals surface area contributed by atoms with Gasteiger partial charge in [-0.15, -0.1) is 0 Å². The Morgan fingerprint density at radius 3 is 2.44 bits per heavy atom. The van der Waals surface area contributed by atoms with E-state index in [-0.39, 0.29) is 12.0 Å². The van der Waals surface area contributed by atoms with Crippen LogP contribution in [-0.4, -0.2) is 31.3 Å². The first-order chi connectivity index (χ1) is 8.58. The molecule has 0 aromatic heterocycles. The minimum Gasteiger partial charge on any atom is -0.467 e. The van der Waals surface area contributed by atoms with Gasteiger partial charge in [-0.05, 0) is 31.6 Å². The zero-order chi connectivity index (χ0) is 13.5.